The monoisotopic (exact) mass is 383 g/mol. The van der Waals surface area contributed by atoms with Crippen LogP contribution in [0.4, 0.5) is 11.4 Å². The molecule has 0 aliphatic rings. The minimum Gasteiger partial charge on any atom is -0.345 e. The van der Waals surface area contributed by atoms with E-state index < -0.39 is 10.0 Å². The fourth-order valence-electron chi connectivity index (χ4n) is 1.91. The normalized spacial score (nSPS) is 9.92. The van der Waals surface area contributed by atoms with E-state index in [2.05, 4.69) is 10.0 Å². The second kappa shape index (κ2) is 8.04. The van der Waals surface area contributed by atoms with Crippen molar-refractivity contribution in [2.75, 3.05) is 10.0 Å². The van der Waals surface area contributed by atoms with Crippen molar-refractivity contribution in [3.63, 3.8) is 0 Å². The molecule has 0 saturated heterocycles. The summed E-state index contributed by atoms with van der Waals surface area (Å²) in [6.07, 6.45) is 0. The molecule has 2 aromatic carbocycles. The van der Waals surface area contributed by atoms with Gasteiger partial charge in [0.1, 0.15) is 23.9 Å². The molecule has 128 valence electrons. The highest BCUT2D eigenvalue weighted by molar-refractivity contribution is 7.92. The third kappa shape index (κ3) is 4.52. The molecule has 0 bridgehead atoms. The SMILES string of the molecule is N#CC(C#N)=C(C#N)Nc1ccc(S(=O)(=O)Nc2cccc(Cl)c2)cc1. The van der Waals surface area contributed by atoms with Gasteiger partial charge < -0.3 is 5.32 Å². The topological polar surface area (TPSA) is 130 Å². The molecular weight excluding hydrogens is 374 g/mol. The molecule has 0 saturated carbocycles. The Bertz CT molecular complexity index is 1070. The van der Waals surface area contributed by atoms with Gasteiger partial charge in [-0.3, -0.25) is 4.72 Å². The van der Waals surface area contributed by atoms with E-state index in [0.717, 1.165) is 0 Å². The van der Waals surface area contributed by atoms with Crippen LogP contribution in [-0.2, 0) is 10.0 Å². The largest absolute Gasteiger partial charge is 0.345 e. The first-order chi connectivity index (χ1) is 12.4. The number of benzene rings is 2. The number of hydrogen-bond donors (Lipinski definition) is 2. The minimum absolute atomic E-state index is 0.00805. The van der Waals surface area contributed by atoms with Gasteiger partial charge in [0.2, 0.25) is 0 Å². The molecule has 0 aliphatic carbocycles. The van der Waals surface area contributed by atoms with Gasteiger partial charge in [0.05, 0.1) is 10.6 Å². The standard InChI is InChI=1S/C17H10ClN5O2S/c18-13-2-1-3-15(8-13)23-26(24,25)16-6-4-14(5-7-16)22-17(11-21)12(9-19)10-20/h1-8,22-23H. The lowest BCUT2D eigenvalue weighted by Crippen LogP contribution is -2.13. The molecule has 2 N–H and O–H groups in total. The van der Waals surface area contributed by atoms with Crippen LogP contribution in [0, 0.1) is 34.0 Å². The van der Waals surface area contributed by atoms with Crippen LogP contribution in [0.2, 0.25) is 5.02 Å². The number of nitriles is 3. The van der Waals surface area contributed by atoms with E-state index in [9.17, 15) is 8.42 Å². The van der Waals surface area contributed by atoms with Crippen LogP contribution in [-0.4, -0.2) is 8.42 Å². The van der Waals surface area contributed by atoms with Gasteiger partial charge in [0, 0.05) is 10.7 Å². The molecule has 7 nitrogen and oxygen atoms in total. The lowest BCUT2D eigenvalue weighted by Gasteiger charge is -2.10. The van der Waals surface area contributed by atoms with E-state index in [-0.39, 0.29) is 16.2 Å². The number of halogens is 1. The summed E-state index contributed by atoms with van der Waals surface area (Å²) in [7, 11) is -3.82. The third-order valence-electron chi connectivity index (χ3n) is 3.10. The molecule has 9 heteroatoms. The van der Waals surface area contributed by atoms with Crippen molar-refractivity contribution in [2.45, 2.75) is 4.90 Å². The van der Waals surface area contributed by atoms with E-state index >= 15 is 0 Å². The first-order valence-electron chi connectivity index (χ1n) is 6.99. The number of allylic oxidation sites excluding steroid dienone is 2. The Hall–Kier alpha value is -3.51. The van der Waals surface area contributed by atoms with Gasteiger partial charge >= 0.3 is 0 Å². The maximum absolute atomic E-state index is 12.4. The Balaban J connectivity index is 2.24. The molecule has 0 aliphatic heterocycles. The summed E-state index contributed by atoms with van der Waals surface area (Å²) < 4.78 is 27.2. The Morgan fingerprint density at radius 3 is 2.12 bits per heavy atom. The molecule has 0 radical (unpaired) electrons. The fraction of sp³-hybridized carbons (Fsp3) is 0. The zero-order chi connectivity index (χ0) is 19.2. The van der Waals surface area contributed by atoms with Crippen LogP contribution >= 0.6 is 11.6 Å². The number of sulfonamides is 1. The number of rotatable bonds is 5. The Labute approximate surface area is 155 Å². The molecule has 0 aromatic heterocycles. The molecule has 0 unspecified atom stereocenters. The second-order valence-corrected chi connectivity index (χ2v) is 6.97. The summed E-state index contributed by atoms with van der Waals surface area (Å²) in [5.74, 6) is 0. The summed E-state index contributed by atoms with van der Waals surface area (Å²) in [6.45, 7) is 0. The minimum atomic E-state index is -3.82. The van der Waals surface area contributed by atoms with E-state index in [0.29, 0.717) is 16.4 Å². The Morgan fingerprint density at radius 2 is 1.58 bits per heavy atom. The maximum atomic E-state index is 12.4. The molecule has 2 aromatic rings. The predicted molar refractivity (Wildman–Crippen MR) is 96.2 cm³/mol. The number of nitrogens with zero attached hydrogens (tertiary/aromatic N) is 3. The molecule has 0 spiro atoms. The molecule has 0 heterocycles. The van der Waals surface area contributed by atoms with Gasteiger partial charge in [-0.05, 0) is 42.5 Å². The molecule has 2 rings (SSSR count). The number of anilines is 2. The summed E-state index contributed by atoms with van der Waals surface area (Å²) in [6, 6.07) is 16.7. The Morgan fingerprint density at radius 1 is 0.923 bits per heavy atom. The quantitative estimate of drug-likeness (QED) is 0.761. The molecular formula is C17H10ClN5O2S. The van der Waals surface area contributed by atoms with Crippen LogP contribution < -0.4 is 10.0 Å². The highest BCUT2D eigenvalue weighted by Crippen LogP contribution is 2.21. The average molecular weight is 384 g/mol. The summed E-state index contributed by atoms with van der Waals surface area (Å²) in [5, 5.41) is 29.6. The van der Waals surface area contributed by atoms with Gasteiger partial charge in [-0.25, -0.2) is 8.42 Å². The summed E-state index contributed by atoms with van der Waals surface area (Å²) in [5.41, 5.74) is 0.0859. The zero-order valence-corrected chi connectivity index (χ0v) is 14.6. The lowest BCUT2D eigenvalue weighted by atomic mass is 10.2. The van der Waals surface area contributed by atoms with E-state index in [4.69, 9.17) is 27.4 Å². The van der Waals surface area contributed by atoms with Crippen LogP contribution in [0.15, 0.2) is 64.7 Å². The zero-order valence-electron chi connectivity index (χ0n) is 13.1. The van der Waals surface area contributed by atoms with Crippen LogP contribution in [0.1, 0.15) is 0 Å². The Kier molecular flexibility index (Phi) is 5.82. The molecule has 0 amide bonds. The van der Waals surface area contributed by atoms with E-state index in [1.165, 1.54) is 30.3 Å². The van der Waals surface area contributed by atoms with E-state index in [1.54, 1.807) is 36.4 Å². The van der Waals surface area contributed by atoms with Crippen molar-refractivity contribution < 1.29 is 8.42 Å². The number of hydrogen-bond acceptors (Lipinski definition) is 6. The first-order valence-corrected chi connectivity index (χ1v) is 8.86. The maximum Gasteiger partial charge on any atom is 0.261 e. The van der Waals surface area contributed by atoms with Gasteiger partial charge in [-0.15, -0.1) is 0 Å². The average Bonchev–Trinajstić information content (AvgIpc) is 2.62. The van der Waals surface area contributed by atoms with Crippen molar-refractivity contribution in [1.82, 2.24) is 0 Å². The van der Waals surface area contributed by atoms with Gasteiger partial charge in [0.15, 0.2) is 5.57 Å². The molecule has 0 atom stereocenters. The van der Waals surface area contributed by atoms with Crippen LogP contribution in [0.3, 0.4) is 0 Å². The second-order valence-electron chi connectivity index (χ2n) is 4.85. The lowest BCUT2D eigenvalue weighted by molar-refractivity contribution is 0.601. The third-order valence-corrected chi connectivity index (χ3v) is 4.73. The molecule has 0 fully saturated rings. The van der Waals surface area contributed by atoms with Gasteiger partial charge in [0.25, 0.3) is 10.0 Å². The van der Waals surface area contributed by atoms with Crippen molar-refractivity contribution in [3.05, 3.63) is 64.8 Å². The summed E-state index contributed by atoms with van der Waals surface area (Å²) >= 11 is 5.83. The van der Waals surface area contributed by atoms with Gasteiger partial charge in [-0.1, -0.05) is 17.7 Å². The van der Waals surface area contributed by atoms with Crippen LogP contribution in [0.25, 0.3) is 0 Å². The first kappa shape index (κ1) is 18.8. The van der Waals surface area contributed by atoms with Crippen molar-refractivity contribution in [3.8, 4) is 18.2 Å². The van der Waals surface area contributed by atoms with Gasteiger partial charge in [-0.2, -0.15) is 15.8 Å². The van der Waals surface area contributed by atoms with Crippen molar-refractivity contribution in [1.29, 1.82) is 15.8 Å². The van der Waals surface area contributed by atoms with Crippen LogP contribution in [0.5, 0.6) is 0 Å². The highest BCUT2D eigenvalue weighted by atomic mass is 35.5. The van der Waals surface area contributed by atoms with E-state index in [1.807, 2.05) is 0 Å². The van der Waals surface area contributed by atoms with Crippen molar-refractivity contribution in [2.24, 2.45) is 0 Å². The van der Waals surface area contributed by atoms with Crippen molar-refractivity contribution >= 4 is 33.0 Å². The number of nitrogens with one attached hydrogen (secondary N) is 2. The smallest absolute Gasteiger partial charge is 0.261 e. The fourth-order valence-corrected chi connectivity index (χ4v) is 3.15. The predicted octanol–water partition coefficient (Wildman–Crippen LogP) is 3.38. The highest BCUT2D eigenvalue weighted by Gasteiger charge is 2.14. The molecule has 26 heavy (non-hydrogen) atoms. The summed E-state index contributed by atoms with van der Waals surface area (Å²) in [4.78, 5) is -0.00805.